The van der Waals surface area contributed by atoms with Gasteiger partial charge in [-0.2, -0.15) is 5.10 Å². The van der Waals surface area contributed by atoms with E-state index in [9.17, 15) is 9.59 Å². The van der Waals surface area contributed by atoms with Gasteiger partial charge in [-0.15, -0.1) is 0 Å². The normalized spacial score (nSPS) is 10.8. The number of nitrogens with zero attached hydrogens (tertiary/aromatic N) is 2. The molecule has 7 nitrogen and oxygen atoms in total. The summed E-state index contributed by atoms with van der Waals surface area (Å²) in [5.41, 5.74) is 4.10. The summed E-state index contributed by atoms with van der Waals surface area (Å²) in [6.07, 6.45) is 0. The molecule has 2 aromatic carbocycles. The maximum atomic E-state index is 12.6. The van der Waals surface area contributed by atoms with Crippen LogP contribution in [0.2, 0.25) is 0 Å². The van der Waals surface area contributed by atoms with Crippen LogP contribution in [-0.4, -0.2) is 27.8 Å². The minimum absolute atomic E-state index is 0.173. The van der Waals surface area contributed by atoms with Crippen LogP contribution in [0.15, 0.2) is 65.5 Å². The third-order valence-electron chi connectivity index (χ3n) is 4.74. The number of aromatic nitrogens is 3. The molecule has 0 spiro atoms. The van der Waals surface area contributed by atoms with Crippen molar-refractivity contribution in [2.45, 2.75) is 13.5 Å². The van der Waals surface area contributed by atoms with Crippen molar-refractivity contribution in [2.75, 3.05) is 12.4 Å². The number of pyridine rings is 1. The zero-order valence-electron chi connectivity index (χ0n) is 16.1. The first kappa shape index (κ1) is 18.5. The monoisotopic (exact) mass is 388 g/mol. The number of para-hydroxylation sites is 1. The van der Waals surface area contributed by atoms with Crippen molar-refractivity contribution in [3.8, 4) is 5.69 Å². The second-order valence-electron chi connectivity index (χ2n) is 6.64. The minimum atomic E-state index is -0.385. The number of esters is 1. The summed E-state index contributed by atoms with van der Waals surface area (Å²) in [6, 6.07) is 18.5. The molecule has 0 atom stereocenters. The standard InChI is InChI=1S/C22H20N4O3/c1-14-19-12-16(13-23-17-10-8-15(9-11-17)22(28)29-2)21(27)24-20(19)26(25-14)18-6-4-3-5-7-18/h3-12,23H,13H2,1-2H3,(H,24,27). The van der Waals surface area contributed by atoms with Gasteiger partial charge in [0.1, 0.15) is 5.65 Å². The average molecular weight is 388 g/mol. The maximum Gasteiger partial charge on any atom is 0.337 e. The van der Waals surface area contributed by atoms with Crippen LogP contribution in [0.5, 0.6) is 0 Å². The highest BCUT2D eigenvalue weighted by Gasteiger charge is 2.13. The Morgan fingerprint density at radius 1 is 1.14 bits per heavy atom. The number of aromatic amines is 1. The summed E-state index contributed by atoms with van der Waals surface area (Å²) in [7, 11) is 1.35. The van der Waals surface area contributed by atoms with Crippen molar-refractivity contribution in [1.29, 1.82) is 0 Å². The first-order chi connectivity index (χ1) is 14.1. The van der Waals surface area contributed by atoms with Gasteiger partial charge < -0.3 is 15.0 Å². The molecule has 0 amide bonds. The average Bonchev–Trinajstić information content (AvgIpc) is 3.07. The van der Waals surface area contributed by atoms with Gasteiger partial charge >= 0.3 is 5.97 Å². The van der Waals surface area contributed by atoms with Gasteiger partial charge in [0, 0.05) is 23.2 Å². The summed E-state index contributed by atoms with van der Waals surface area (Å²) in [6.45, 7) is 2.27. The summed E-state index contributed by atoms with van der Waals surface area (Å²) in [5, 5.41) is 8.68. The van der Waals surface area contributed by atoms with Gasteiger partial charge in [-0.3, -0.25) is 4.79 Å². The van der Waals surface area contributed by atoms with E-state index in [0.29, 0.717) is 23.3 Å². The Labute approximate surface area is 167 Å². The number of hydrogen-bond donors (Lipinski definition) is 2. The fraction of sp³-hybridized carbons (Fsp3) is 0.136. The quantitative estimate of drug-likeness (QED) is 0.512. The summed E-state index contributed by atoms with van der Waals surface area (Å²) in [5.74, 6) is -0.385. The van der Waals surface area contributed by atoms with Crippen molar-refractivity contribution in [2.24, 2.45) is 0 Å². The van der Waals surface area contributed by atoms with Crippen LogP contribution in [0.4, 0.5) is 5.69 Å². The Hall–Kier alpha value is -3.87. The zero-order valence-corrected chi connectivity index (χ0v) is 16.1. The fourth-order valence-corrected chi connectivity index (χ4v) is 3.19. The molecule has 146 valence electrons. The predicted octanol–water partition coefficient (Wildman–Crippen LogP) is 3.42. The van der Waals surface area contributed by atoms with E-state index in [0.717, 1.165) is 22.5 Å². The molecular weight excluding hydrogens is 368 g/mol. The molecule has 0 aliphatic rings. The van der Waals surface area contributed by atoms with Crippen molar-refractivity contribution in [3.63, 3.8) is 0 Å². The van der Waals surface area contributed by atoms with Gasteiger partial charge in [-0.1, -0.05) is 18.2 Å². The van der Waals surface area contributed by atoms with Crippen LogP contribution >= 0.6 is 0 Å². The molecule has 0 saturated heterocycles. The molecule has 0 aliphatic carbocycles. The van der Waals surface area contributed by atoms with Gasteiger partial charge in [0.25, 0.3) is 5.56 Å². The van der Waals surface area contributed by atoms with E-state index in [1.807, 2.05) is 43.3 Å². The van der Waals surface area contributed by atoms with Gasteiger partial charge in [0.05, 0.1) is 24.1 Å². The molecule has 0 unspecified atom stereocenters. The van der Waals surface area contributed by atoms with E-state index < -0.39 is 0 Å². The molecule has 0 fully saturated rings. The molecule has 2 N–H and O–H groups in total. The third kappa shape index (κ3) is 3.62. The number of methoxy groups -OCH3 is 1. The lowest BCUT2D eigenvalue weighted by Crippen LogP contribution is -2.16. The zero-order chi connectivity index (χ0) is 20.4. The largest absolute Gasteiger partial charge is 0.465 e. The molecule has 4 rings (SSSR count). The lowest BCUT2D eigenvalue weighted by molar-refractivity contribution is 0.0601. The maximum absolute atomic E-state index is 12.6. The number of anilines is 1. The van der Waals surface area contributed by atoms with Crippen LogP contribution in [0.25, 0.3) is 16.7 Å². The molecule has 2 aromatic heterocycles. The number of hydrogen-bond acceptors (Lipinski definition) is 5. The molecule has 29 heavy (non-hydrogen) atoms. The highest BCUT2D eigenvalue weighted by Crippen LogP contribution is 2.20. The third-order valence-corrected chi connectivity index (χ3v) is 4.74. The topological polar surface area (TPSA) is 89.0 Å². The highest BCUT2D eigenvalue weighted by atomic mass is 16.5. The Morgan fingerprint density at radius 3 is 2.55 bits per heavy atom. The molecular formula is C22H20N4O3. The molecule has 0 saturated carbocycles. The number of H-pyrrole nitrogens is 1. The smallest absolute Gasteiger partial charge is 0.337 e. The number of benzene rings is 2. The van der Waals surface area contributed by atoms with Crippen molar-refractivity contribution < 1.29 is 9.53 Å². The molecule has 0 aliphatic heterocycles. The molecule has 2 heterocycles. The van der Waals surface area contributed by atoms with Crippen molar-refractivity contribution in [3.05, 3.63) is 87.8 Å². The van der Waals surface area contributed by atoms with Crippen LogP contribution in [0.3, 0.4) is 0 Å². The number of nitrogens with one attached hydrogen (secondary N) is 2. The Balaban J connectivity index is 1.60. The van der Waals surface area contributed by atoms with Crippen LogP contribution in [-0.2, 0) is 11.3 Å². The highest BCUT2D eigenvalue weighted by molar-refractivity contribution is 5.89. The van der Waals surface area contributed by atoms with Crippen molar-refractivity contribution in [1.82, 2.24) is 14.8 Å². The van der Waals surface area contributed by atoms with E-state index in [1.54, 1.807) is 28.9 Å². The summed E-state index contributed by atoms with van der Waals surface area (Å²) in [4.78, 5) is 27.1. The number of fused-ring (bicyclic) bond motifs is 1. The first-order valence-corrected chi connectivity index (χ1v) is 9.16. The predicted molar refractivity (Wildman–Crippen MR) is 112 cm³/mol. The molecule has 7 heteroatoms. The van der Waals surface area contributed by atoms with Gasteiger partial charge in [0.2, 0.25) is 0 Å². The van der Waals surface area contributed by atoms with E-state index in [-0.39, 0.29) is 11.5 Å². The second kappa shape index (κ2) is 7.63. The number of carbonyl (C=O) groups is 1. The Kier molecular flexibility index (Phi) is 4.87. The van der Waals surface area contributed by atoms with Gasteiger partial charge in [-0.05, 0) is 49.4 Å². The van der Waals surface area contributed by atoms with Gasteiger partial charge in [-0.25, -0.2) is 9.48 Å². The van der Waals surface area contributed by atoms with E-state index in [4.69, 9.17) is 4.74 Å². The number of ether oxygens (including phenoxy) is 1. The fourth-order valence-electron chi connectivity index (χ4n) is 3.19. The van der Waals surface area contributed by atoms with E-state index in [1.165, 1.54) is 7.11 Å². The lowest BCUT2D eigenvalue weighted by atomic mass is 10.2. The van der Waals surface area contributed by atoms with Crippen LogP contribution in [0, 0.1) is 6.92 Å². The summed E-state index contributed by atoms with van der Waals surface area (Å²) >= 11 is 0. The van der Waals surface area contributed by atoms with Crippen molar-refractivity contribution >= 4 is 22.7 Å². The lowest BCUT2D eigenvalue weighted by Gasteiger charge is -2.08. The van der Waals surface area contributed by atoms with E-state index >= 15 is 0 Å². The summed E-state index contributed by atoms with van der Waals surface area (Å²) < 4.78 is 6.44. The van der Waals surface area contributed by atoms with Crippen LogP contribution in [0.1, 0.15) is 21.6 Å². The molecule has 0 bridgehead atoms. The van der Waals surface area contributed by atoms with E-state index in [2.05, 4.69) is 15.4 Å². The molecule has 0 radical (unpaired) electrons. The number of rotatable bonds is 5. The number of aryl methyl sites for hydroxylation is 1. The number of carbonyl (C=O) groups excluding carboxylic acids is 1. The van der Waals surface area contributed by atoms with Gasteiger partial charge in [0.15, 0.2) is 0 Å². The molecule has 4 aromatic rings. The first-order valence-electron chi connectivity index (χ1n) is 9.16. The second-order valence-corrected chi connectivity index (χ2v) is 6.64. The minimum Gasteiger partial charge on any atom is -0.465 e. The van der Waals surface area contributed by atoms with Crippen LogP contribution < -0.4 is 10.9 Å². The Morgan fingerprint density at radius 2 is 1.86 bits per heavy atom. The Bertz CT molecular complexity index is 1220. The SMILES string of the molecule is COC(=O)c1ccc(NCc2cc3c(C)nn(-c4ccccc4)c3[nH]c2=O)cc1.